The second-order valence-corrected chi connectivity index (χ2v) is 4.64. The molecule has 2 amide bonds. The Bertz CT molecular complexity index is 428. The fraction of sp³-hybridized carbons (Fsp3) is 0.385. The summed E-state index contributed by atoms with van der Waals surface area (Å²) in [7, 11) is 0. The molecule has 90 valence electrons. The summed E-state index contributed by atoms with van der Waals surface area (Å²) >= 11 is 5.77. The van der Waals surface area contributed by atoms with E-state index in [1.165, 1.54) is 4.90 Å². The number of carbonyl (C=O) groups is 2. The molecule has 1 aliphatic heterocycles. The Hall–Kier alpha value is -1.35. The largest absolute Gasteiger partial charge is 0.282 e. The van der Waals surface area contributed by atoms with Crippen LogP contribution < -0.4 is 0 Å². The lowest BCUT2D eigenvalue weighted by Gasteiger charge is -2.24. The van der Waals surface area contributed by atoms with Crippen LogP contribution in [0.4, 0.5) is 0 Å². The first kappa shape index (κ1) is 12.1. The molecule has 1 aromatic rings. The first-order valence-corrected chi connectivity index (χ1v) is 6.12. The second-order valence-electron chi connectivity index (χ2n) is 4.20. The van der Waals surface area contributed by atoms with Crippen molar-refractivity contribution in [3.8, 4) is 0 Å². The molecule has 1 heterocycles. The zero-order chi connectivity index (χ0) is 12.3. The van der Waals surface area contributed by atoms with Gasteiger partial charge in [-0.25, -0.2) is 0 Å². The van der Waals surface area contributed by atoms with Crippen molar-refractivity contribution in [1.82, 2.24) is 4.90 Å². The highest BCUT2D eigenvalue weighted by Crippen LogP contribution is 2.14. The van der Waals surface area contributed by atoms with Gasteiger partial charge in [0.05, 0.1) is 6.42 Å². The lowest BCUT2D eigenvalue weighted by Crippen LogP contribution is -2.41. The smallest absolute Gasteiger partial charge is 0.233 e. The number of carbonyl (C=O) groups excluding carboxylic acids is 2. The van der Waals surface area contributed by atoms with E-state index in [1.54, 1.807) is 12.1 Å². The van der Waals surface area contributed by atoms with Crippen LogP contribution in [-0.2, 0) is 16.0 Å². The number of halogens is 1. The fourth-order valence-corrected chi connectivity index (χ4v) is 2.07. The third kappa shape index (κ3) is 3.07. The molecule has 2 rings (SSSR count). The molecule has 0 spiro atoms. The molecule has 0 atom stereocenters. The van der Waals surface area contributed by atoms with E-state index in [0.29, 0.717) is 18.0 Å². The lowest BCUT2D eigenvalue weighted by atomic mass is 10.1. The topological polar surface area (TPSA) is 37.4 Å². The first-order valence-electron chi connectivity index (χ1n) is 5.74. The van der Waals surface area contributed by atoms with Gasteiger partial charge >= 0.3 is 0 Å². The fourth-order valence-electron chi connectivity index (χ4n) is 1.94. The van der Waals surface area contributed by atoms with Gasteiger partial charge in [0, 0.05) is 18.0 Å². The molecular formula is C13H14ClNO2. The average Bonchev–Trinajstić information content (AvgIpc) is 2.32. The maximum atomic E-state index is 11.9. The number of piperidine rings is 1. The normalized spacial score (nSPS) is 16.1. The summed E-state index contributed by atoms with van der Waals surface area (Å²) in [5.74, 6) is -0.160. The van der Waals surface area contributed by atoms with E-state index in [9.17, 15) is 9.59 Å². The van der Waals surface area contributed by atoms with Gasteiger partial charge in [0.25, 0.3) is 0 Å². The Labute approximate surface area is 105 Å². The summed E-state index contributed by atoms with van der Waals surface area (Å²) in [6.07, 6.45) is 2.57. The number of amides is 2. The summed E-state index contributed by atoms with van der Waals surface area (Å²) in [6.45, 7) is 0.561. The van der Waals surface area contributed by atoms with Crippen molar-refractivity contribution in [2.75, 3.05) is 6.54 Å². The van der Waals surface area contributed by atoms with E-state index in [-0.39, 0.29) is 18.2 Å². The molecule has 1 saturated heterocycles. The van der Waals surface area contributed by atoms with Crippen LogP contribution in [0.3, 0.4) is 0 Å². The molecule has 0 unspecified atom stereocenters. The van der Waals surface area contributed by atoms with Crippen molar-refractivity contribution in [2.24, 2.45) is 0 Å². The molecule has 0 saturated carbocycles. The number of rotatable bonds is 2. The van der Waals surface area contributed by atoms with Crippen molar-refractivity contribution >= 4 is 23.4 Å². The SMILES string of the molecule is O=C1CCCCN1C(=O)Cc1ccc(Cl)cc1. The summed E-state index contributed by atoms with van der Waals surface area (Å²) < 4.78 is 0. The Balaban J connectivity index is 2.00. The minimum absolute atomic E-state index is 0.0461. The van der Waals surface area contributed by atoms with Crippen LogP contribution >= 0.6 is 11.6 Å². The molecule has 0 bridgehead atoms. The summed E-state index contributed by atoms with van der Waals surface area (Å²) in [5.41, 5.74) is 0.887. The van der Waals surface area contributed by atoms with E-state index in [0.717, 1.165) is 18.4 Å². The first-order chi connectivity index (χ1) is 8.16. The summed E-state index contributed by atoms with van der Waals surface area (Å²) in [4.78, 5) is 24.9. The predicted octanol–water partition coefficient (Wildman–Crippen LogP) is 2.42. The number of imide groups is 1. The molecule has 1 aromatic carbocycles. The molecule has 17 heavy (non-hydrogen) atoms. The lowest BCUT2D eigenvalue weighted by molar-refractivity contribution is -0.146. The van der Waals surface area contributed by atoms with Crippen molar-refractivity contribution in [3.05, 3.63) is 34.9 Å². The van der Waals surface area contributed by atoms with Crippen LogP contribution in [0.5, 0.6) is 0 Å². The van der Waals surface area contributed by atoms with Crippen molar-refractivity contribution < 1.29 is 9.59 Å². The summed E-state index contributed by atoms with van der Waals surface area (Å²) in [6, 6.07) is 7.13. The molecule has 0 radical (unpaired) electrons. The van der Waals surface area contributed by atoms with Gasteiger partial charge in [-0.15, -0.1) is 0 Å². The molecule has 0 aliphatic carbocycles. The van der Waals surface area contributed by atoms with Gasteiger partial charge < -0.3 is 0 Å². The van der Waals surface area contributed by atoms with Gasteiger partial charge in [0.1, 0.15) is 0 Å². The van der Waals surface area contributed by atoms with Gasteiger partial charge in [-0.1, -0.05) is 23.7 Å². The number of likely N-dealkylation sites (tertiary alicyclic amines) is 1. The van der Waals surface area contributed by atoms with Crippen LogP contribution in [0.25, 0.3) is 0 Å². The maximum Gasteiger partial charge on any atom is 0.233 e. The molecule has 3 nitrogen and oxygen atoms in total. The third-order valence-corrected chi connectivity index (χ3v) is 3.15. The standard InChI is InChI=1S/C13H14ClNO2/c14-11-6-4-10(5-7-11)9-13(17)15-8-2-1-3-12(15)16/h4-7H,1-3,8-9H2. The van der Waals surface area contributed by atoms with Gasteiger partial charge in [-0.3, -0.25) is 14.5 Å². The van der Waals surface area contributed by atoms with Crippen molar-refractivity contribution in [3.63, 3.8) is 0 Å². The van der Waals surface area contributed by atoms with E-state index in [1.807, 2.05) is 12.1 Å². The molecule has 0 aromatic heterocycles. The maximum absolute atomic E-state index is 11.9. The van der Waals surface area contributed by atoms with E-state index in [2.05, 4.69) is 0 Å². The van der Waals surface area contributed by atoms with Crippen molar-refractivity contribution in [1.29, 1.82) is 0 Å². The Morgan fingerprint density at radius 1 is 1.24 bits per heavy atom. The minimum atomic E-state index is -0.114. The van der Waals surface area contributed by atoms with Crippen LogP contribution in [0.15, 0.2) is 24.3 Å². The Morgan fingerprint density at radius 2 is 1.94 bits per heavy atom. The third-order valence-electron chi connectivity index (χ3n) is 2.89. The molecule has 4 heteroatoms. The van der Waals surface area contributed by atoms with Crippen LogP contribution in [0, 0.1) is 0 Å². The molecule has 1 fully saturated rings. The zero-order valence-corrected chi connectivity index (χ0v) is 10.2. The predicted molar refractivity (Wildman–Crippen MR) is 65.7 cm³/mol. The highest BCUT2D eigenvalue weighted by atomic mass is 35.5. The van der Waals surface area contributed by atoms with E-state index >= 15 is 0 Å². The van der Waals surface area contributed by atoms with Gasteiger partial charge in [0.2, 0.25) is 11.8 Å². The molecular weight excluding hydrogens is 238 g/mol. The van der Waals surface area contributed by atoms with Crippen LogP contribution in [0.1, 0.15) is 24.8 Å². The van der Waals surface area contributed by atoms with E-state index < -0.39 is 0 Å². The number of hydrogen-bond acceptors (Lipinski definition) is 2. The highest BCUT2D eigenvalue weighted by Gasteiger charge is 2.23. The number of nitrogens with zero attached hydrogens (tertiary/aromatic N) is 1. The van der Waals surface area contributed by atoms with Gasteiger partial charge in [0.15, 0.2) is 0 Å². The quantitative estimate of drug-likeness (QED) is 0.810. The van der Waals surface area contributed by atoms with Crippen LogP contribution in [0.2, 0.25) is 5.02 Å². The van der Waals surface area contributed by atoms with Gasteiger partial charge in [-0.2, -0.15) is 0 Å². The molecule has 1 aliphatic rings. The number of hydrogen-bond donors (Lipinski definition) is 0. The van der Waals surface area contributed by atoms with Crippen LogP contribution in [-0.4, -0.2) is 23.3 Å². The molecule has 0 N–H and O–H groups in total. The zero-order valence-electron chi connectivity index (χ0n) is 9.49. The minimum Gasteiger partial charge on any atom is -0.282 e. The number of benzene rings is 1. The second kappa shape index (κ2) is 5.32. The van der Waals surface area contributed by atoms with Crippen molar-refractivity contribution in [2.45, 2.75) is 25.7 Å². The Kier molecular flexibility index (Phi) is 3.79. The van der Waals surface area contributed by atoms with E-state index in [4.69, 9.17) is 11.6 Å². The monoisotopic (exact) mass is 251 g/mol. The van der Waals surface area contributed by atoms with Gasteiger partial charge in [-0.05, 0) is 30.5 Å². The Morgan fingerprint density at radius 3 is 2.59 bits per heavy atom. The highest BCUT2D eigenvalue weighted by molar-refractivity contribution is 6.30. The average molecular weight is 252 g/mol. The summed E-state index contributed by atoms with van der Waals surface area (Å²) in [5, 5.41) is 0.648.